The third kappa shape index (κ3) is 10.9. The molecule has 0 fully saturated rings. The highest BCUT2D eigenvalue weighted by Crippen LogP contribution is 2.16. The molecule has 2 heterocycles. The van der Waals surface area contributed by atoms with E-state index in [1.54, 1.807) is 4.90 Å². The number of carbonyl (C=O) groups is 1. The number of aromatic amines is 1. The van der Waals surface area contributed by atoms with E-state index in [9.17, 15) is 9.59 Å². The summed E-state index contributed by atoms with van der Waals surface area (Å²) in [6, 6.07) is 0. The third-order valence-electron chi connectivity index (χ3n) is 5.31. The molecule has 5 heteroatoms. The second-order valence-electron chi connectivity index (χ2n) is 7.95. The molecular weight excluding hydrogens is 412 g/mol. The SMILES string of the molecule is CC/C=C/C/C=C/C/C=C/C/C=C/C/C=C/C/C=C/CCC(=O)N1CCc2o[nH]c(=O)c2C1. The molecule has 1 aromatic heterocycles. The largest absolute Gasteiger partial charge is 0.383 e. The lowest BCUT2D eigenvalue weighted by Gasteiger charge is -2.25. The third-order valence-corrected chi connectivity index (χ3v) is 5.31. The Morgan fingerprint density at radius 2 is 1.36 bits per heavy atom. The van der Waals surface area contributed by atoms with Gasteiger partial charge in [-0.1, -0.05) is 79.8 Å². The average Bonchev–Trinajstić information content (AvgIpc) is 3.20. The van der Waals surface area contributed by atoms with Crippen LogP contribution in [0.3, 0.4) is 0 Å². The Labute approximate surface area is 197 Å². The topological polar surface area (TPSA) is 66.3 Å². The molecule has 1 aromatic rings. The Balaban J connectivity index is 1.48. The zero-order valence-corrected chi connectivity index (χ0v) is 19.9. The van der Waals surface area contributed by atoms with E-state index in [2.05, 4.69) is 85.0 Å². The maximum atomic E-state index is 12.3. The van der Waals surface area contributed by atoms with Crippen LogP contribution in [-0.2, 0) is 17.8 Å². The Morgan fingerprint density at radius 1 is 0.848 bits per heavy atom. The summed E-state index contributed by atoms with van der Waals surface area (Å²) in [6.07, 6.45) is 33.7. The first-order valence-electron chi connectivity index (χ1n) is 12.1. The van der Waals surface area contributed by atoms with Crippen LogP contribution in [0.5, 0.6) is 0 Å². The maximum Gasteiger partial charge on any atom is 0.285 e. The summed E-state index contributed by atoms with van der Waals surface area (Å²) in [5.41, 5.74) is 0.364. The normalized spacial score (nSPS) is 14.9. The Bertz CT molecular complexity index is 925. The first-order valence-corrected chi connectivity index (χ1v) is 12.1. The van der Waals surface area contributed by atoms with Crippen molar-refractivity contribution in [2.75, 3.05) is 6.54 Å². The van der Waals surface area contributed by atoms with Gasteiger partial charge in [-0.05, 0) is 44.9 Å². The van der Waals surface area contributed by atoms with E-state index >= 15 is 0 Å². The van der Waals surface area contributed by atoms with Crippen LogP contribution in [0.4, 0.5) is 0 Å². The van der Waals surface area contributed by atoms with E-state index in [0.29, 0.717) is 43.7 Å². The van der Waals surface area contributed by atoms with Crippen molar-refractivity contribution in [1.29, 1.82) is 0 Å². The van der Waals surface area contributed by atoms with Crippen LogP contribution in [0.2, 0.25) is 0 Å². The van der Waals surface area contributed by atoms with Gasteiger partial charge in [0.1, 0.15) is 5.76 Å². The molecule has 178 valence electrons. The van der Waals surface area contributed by atoms with Crippen LogP contribution in [0.15, 0.2) is 82.2 Å². The number of hydrogen-bond acceptors (Lipinski definition) is 3. The van der Waals surface area contributed by atoms with Gasteiger partial charge in [0.05, 0.1) is 12.1 Å². The zero-order chi connectivity index (χ0) is 23.6. The van der Waals surface area contributed by atoms with E-state index in [0.717, 1.165) is 38.5 Å². The zero-order valence-electron chi connectivity index (χ0n) is 19.9. The molecule has 1 N–H and O–H groups in total. The number of nitrogens with zero attached hydrogens (tertiary/aromatic N) is 1. The number of rotatable bonds is 14. The predicted octanol–water partition coefficient (Wildman–Crippen LogP) is 6.33. The molecular formula is C28H38N2O3. The van der Waals surface area contributed by atoms with Crippen LogP contribution in [0.25, 0.3) is 0 Å². The molecule has 1 aliphatic rings. The van der Waals surface area contributed by atoms with Gasteiger partial charge in [0.25, 0.3) is 5.56 Å². The van der Waals surface area contributed by atoms with Crippen molar-refractivity contribution in [1.82, 2.24) is 10.1 Å². The van der Waals surface area contributed by atoms with Crippen LogP contribution in [-0.4, -0.2) is 22.5 Å². The van der Waals surface area contributed by atoms with E-state index in [4.69, 9.17) is 4.52 Å². The summed E-state index contributed by atoms with van der Waals surface area (Å²) in [5, 5.41) is 2.35. The number of aromatic nitrogens is 1. The molecule has 0 radical (unpaired) electrons. The second-order valence-corrected chi connectivity index (χ2v) is 7.95. The fourth-order valence-electron chi connectivity index (χ4n) is 3.44. The number of nitrogens with one attached hydrogen (secondary N) is 1. The summed E-state index contributed by atoms with van der Waals surface area (Å²) in [6.45, 7) is 3.11. The van der Waals surface area contributed by atoms with E-state index in [-0.39, 0.29) is 11.5 Å². The van der Waals surface area contributed by atoms with Gasteiger partial charge in [-0.3, -0.25) is 9.59 Å². The average molecular weight is 451 g/mol. The second kappa shape index (κ2) is 16.5. The molecule has 2 rings (SSSR count). The fourth-order valence-corrected chi connectivity index (χ4v) is 3.44. The van der Waals surface area contributed by atoms with Crippen LogP contribution in [0.1, 0.15) is 69.6 Å². The predicted molar refractivity (Wildman–Crippen MR) is 136 cm³/mol. The van der Waals surface area contributed by atoms with Gasteiger partial charge in [0.2, 0.25) is 5.91 Å². The van der Waals surface area contributed by atoms with Crippen molar-refractivity contribution >= 4 is 5.91 Å². The first kappa shape index (κ1) is 26.2. The van der Waals surface area contributed by atoms with Crippen molar-refractivity contribution in [3.8, 4) is 0 Å². The Morgan fingerprint density at radius 3 is 1.91 bits per heavy atom. The lowest BCUT2D eigenvalue weighted by molar-refractivity contribution is -0.132. The molecule has 0 bridgehead atoms. The van der Waals surface area contributed by atoms with Gasteiger partial charge < -0.3 is 9.42 Å². The van der Waals surface area contributed by atoms with Gasteiger partial charge >= 0.3 is 0 Å². The highest BCUT2D eigenvalue weighted by molar-refractivity contribution is 5.76. The highest BCUT2D eigenvalue weighted by atomic mass is 16.5. The molecule has 1 aliphatic heterocycles. The lowest BCUT2D eigenvalue weighted by atomic mass is 10.1. The fraction of sp³-hybridized carbons (Fsp3) is 0.429. The van der Waals surface area contributed by atoms with Crippen LogP contribution in [0, 0.1) is 0 Å². The van der Waals surface area contributed by atoms with Gasteiger partial charge in [-0.15, -0.1) is 0 Å². The number of allylic oxidation sites excluding steroid dienone is 12. The smallest absolute Gasteiger partial charge is 0.285 e. The summed E-state index contributed by atoms with van der Waals surface area (Å²) >= 11 is 0. The summed E-state index contributed by atoms with van der Waals surface area (Å²) in [5.74, 6) is 0.766. The molecule has 0 saturated carbocycles. The standard InChI is InChI=1S/C28H38N2O3/c1-2-3-4-5-6-7-8-9-10-11-12-13-14-15-16-17-18-19-20-21-27(31)30-23-22-26-25(24-30)28(32)29-33-26/h3-4,6-7,9-10,12-13,15-16,18-19H,2,5,8,11,14,17,20-24H2,1H3,(H,29,32)/b4-3+,7-6+,10-9+,13-12+,16-15+,19-18+. The van der Waals surface area contributed by atoms with Crippen LogP contribution < -0.4 is 5.56 Å². The molecule has 5 nitrogen and oxygen atoms in total. The Hall–Kier alpha value is -3.08. The van der Waals surface area contributed by atoms with Crippen molar-refractivity contribution < 1.29 is 9.32 Å². The van der Waals surface area contributed by atoms with Crippen molar-refractivity contribution in [3.63, 3.8) is 0 Å². The molecule has 0 aromatic carbocycles. The quantitative estimate of drug-likeness (QED) is 0.337. The molecule has 0 atom stereocenters. The number of carbonyl (C=O) groups excluding carboxylic acids is 1. The Kier molecular flexibility index (Phi) is 13.1. The van der Waals surface area contributed by atoms with Crippen LogP contribution >= 0.6 is 0 Å². The number of amides is 1. The minimum absolute atomic E-state index is 0.0841. The lowest BCUT2D eigenvalue weighted by Crippen LogP contribution is -2.37. The van der Waals surface area contributed by atoms with E-state index < -0.39 is 0 Å². The number of H-pyrrole nitrogens is 1. The molecule has 33 heavy (non-hydrogen) atoms. The minimum Gasteiger partial charge on any atom is -0.383 e. The maximum absolute atomic E-state index is 12.3. The summed E-state index contributed by atoms with van der Waals surface area (Å²) < 4.78 is 5.11. The van der Waals surface area contributed by atoms with Crippen molar-refractivity contribution in [2.24, 2.45) is 0 Å². The molecule has 0 aliphatic carbocycles. The minimum atomic E-state index is -0.223. The van der Waals surface area contributed by atoms with E-state index in [1.165, 1.54) is 0 Å². The molecule has 0 unspecified atom stereocenters. The van der Waals surface area contributed by atoms with Gasteiger partial charge in [-0.25, -0.2) is 0 Å². The summed E-state index contributed by atoms with van der Waals surface area (Å²) in [4.78, 5) is 25.7. The van der Waals surface area contributed by atoms with E-state index in [1.807, 2.05) is 0 Å². The molecule has 1 amide bonds. The van der Waals surface area contributed by atoms with Crippen molar-refractivity contribution in [3.05, 3.63) is 94.6 Å². The number of hydrogen-bond donors (Lipinski definition) is 1. The summed E-state index contributed by atoms with van der Waals surface area (Å²) in [7, 11) is 0. The molecule has 0 spiro atoms. The number of fused-ring (bicyclic) bond motifs is 1. The molecule has 0 saturated heterocycles. The van der Waals surface area contributed by atoms with Gasteiger partial charge in [0, 0.05) is 19.4 Å². The van der Waals surface area contributed by atoms with Crippen molar-refractivity contribution in [2.45, 2.75) is 71.3 Å². The first-order chi connectivity index (χ1) is 16.2. The monoisotopic (exact) mass is 450 g/mol. The van der Waals surface area contributed by atoms with Gasteiger partial charge in [-0.2, -0.15) is 5.16 Å². The van der Waals surface area contributed by atoms with Gasteiger partial charge in [0.15, 0.2) is 0 Å². The highest BCUT2D eigenvalue weighted by Gasteiger charge is 2.25.